The monoisotopic (exact) mass is 967 g/mol. The number of anilines is 2. The van der Waals surface area contributed by atoms with Crippen LogP contribution in [0.3, 0.4) is 0 Å². The number of azo groups is 3. The topological polar surface area (TPSA) is 288 Å². The van der Waals surface area contributed by atoms with Crippen molar-refractivity contribution in [3.8, 4) is 17.2 Å². The summed E-state index contributed by atoms with van der Waals surface area (Å²) in [7, 11) is -12.1. The first kappa shape index (κ1) is 47.7. The molecule has 0 unspecified atom stereocenters. The Labute approximate surface area is 384 Å². The van der Waals surface area contributed by atoms with E-state index in [4.69, 9.17) is 14.0 Å². The van der Waals surface area contributed by atoms with Crippen LogP contribution in [-0.2, 0) is 30.4 Å². The van der Waals surface area contributed by atoms with E-state index in [0.717, 1.165) is 11.8 Å². The summed E-state index contributed by atoms with van der Waals surface area (Å²) in [6, 6.07) is 28.9. The predicted molar refractivity (Wildman–Crippen MR) is 252 cm³/mol. The van der Waals surface area contributed by atoms with E-state index in [0.29, 0.717) is 72.7 Å². The van der Waals surface area contributed by atoms with Crippen molar-refractivity contribution >= 4 is 97.4 Å². The zero-order valence-corrected chi connectivity index (χ0v) is 38.4. The minimum Gasteiger partial charge on any atom is -0.505 e. The predicted octanol–water partition coefficient (Wildman–Crippen LogP) is 11.8. The van der Waals surface area contributed by atoms with E-state index < -0.39 is 57.3 Å². The normalized spacial score (nSPS) is 12.5. The van der Waals surface area contributed by atoms with Crippen LogP contribution in [0.2, 0.25) is 0 Å². The summed E-state index contributed by atoms with van der Waals surface area (Å²) in [5.74, 6) is -0.341. The average Bonchev–Trinajstić information content (AvgIpc) is 3.26. The van der Waals surface area contributed by atoms with Crippen molar-refractivity contribution in [2.45, 2.75) is 37.0 Å². The van der Waals surface area contributed by atoms with Gasteiger partial charge in [-0.05, 0) is 152 Å². The number of nitrogens with zero attached hydrogens (tertiary/aromatic N) is 6. The molecule has 7 aromatic carbocycles. The van der Waals surface area contributed by atoms with Gasteiger partial charge in [0, 0.05) is 28.2 Å². The van der Waals surface area contributed by atoms with E-state index in [2.05, 4.69) is 36.0 Å². The molecule has 7 aromatic rings. The number of aryl methyl sites for hydroxylation is 3. The Morgan fingerprint density at radius 1 is 0.567 bits per heavy atom. The van der Waals surface area contributed by atoms with Crippen LogP contribution in [0.25, 0.3) is 21.5 Å². The second-order valence-electron chi connectivity index (χ2n) is 15.1. The van der Waals surface area contributed by atoms with E-state index in [1.54, 1.807) is 119 Å². The van der Waals surface area contributed by atoms with E-state index in [-0.39, 0.29) is 24.2 Å². The molecular weight excluding hydrogens is 927 g/mol. The molecule has 0 aliphatic heterocycles. The van der Waals surface area contributed by atoms with Crippen molar-refractivity contribution in [1.29, 1.82) is 0 Å². The fraction of sp³-hybridized carbons (Fsp3) is 0.156. The van der Waals surface area contributed by atoms with Crippen LogP contribution in [-0.4, -0.2) is 63.5 Å². The van der Waals surface area contributed by atoms with E-state index >= 15 is 0 Å². The number of phenolic OH excluding ortho intramolecular Hbond substituents is 1. The number of methoxy groups -OCH3 is 1. The number of aromatic hydroxyl groups is 1. The minimum atomic E-state index is -4.86. The summed E-state index contributed by atoms with van der Waals surface area (Å²) in [4.78, 5) is -1.06. The van der Waals surface area contributed by atoms with Crippen molar-refractivity contribution < 1.29 is 53.5 Å². The second kappa shape index (κ2) is 19.3. The van der Waals surface area contributed by atoms with Crippen molar-refractivity contribution in [2.24, 2.45) is 30.7 Å². The molecule has 7 rings (SSSR count). The standard InChI is InChI=1S/C45H41N7O12S3/c1-26-18-33(11-15-39(26)49-48-34-7-6-29-22-36(66(57,58)59)25-42(38(29)24-34)64-16-5-17-65(54,55)56)47-50-40-19-28(3)41(20-27(40)2)51-52-44-43(67(60,61)62)23-30-21-32(10-14-37(30)45(44)53)46-31-8-12-35(63-4)13-9-31/h6-15,18-25,46,53H,5,16-17H2,1-4H3,(H,54,55,56)(H,57,58,59)(H,60,61,62). The first-order valence-electron chi connectivity index (χ1n) is 19.9. The molecule has 19 nitrogen and oxygen atoms in total. The van der Waals surface area contributed by atoms with Crippen LogP contribution in [0.1, 0.15) is 23.1 Å². The third-order valence-corrected chi connectivity index (χ3v) is 12.7. The third-order valence-electron chi connectivity index (χ3n) is 10.2. The van der Waals surface area contributed by atoms with Crippen molar-refractivity contribution in [3.63, 3.8) is 0 Å². The first-order chi connectivity index (χ1) is 31.6. The van der Waals surface area contributed by atoms with Crippen LogP contribution in [0.15, 0.2) is 150 Å². The molecule has 0 aliphatic carbocycles. The fourth-order valence-corrected chi connectivity index (χ4v) is 8.42. The van der Waals surface area contributed by atoms with E-state index in [1.807, 2.05) is 0 Å². The number of benzene rings is 7. The van der Waals surface area contributed by atoms with Gasteiger partial charge >= 0.3 is 0 Å². The number of phenols is 1. The molecule has 0 bridgehead atoms. The van der Waals surface area contributed by atoms with Crippen LogP contribution in [0, 0.1) is 20.8 Å². The number of hydrogen-bond donors (Lipinski definition) is 5. The van der Waals surface area contributed by atoms with Crippen LogP contribution in [0.4, 0.5) is 45.5 Å². The summed E-state index contributed by atoms with van der Waals surface area (Å²) in [5, 5.41) is 41.7. The molecule has 5 N–H and O–H groups in total. The number of nitrogens with one attached hydrogen (secondary N) is 1. The van der Waals surface area contributed by atoms with Crippen LogP contribution < -0.4 is 14.8 Å². The van der Waals surface area contributed by atoms with Gasteiger partial charge in [-0.3, -0.25) is 13.7 Å². The average molecular weight is 968 g/mol. The van der Waals surface area contributed by atoms with Gasteiger partial charge in [0.15, 0.2) is 5.75 Å². The highest BCUT2D eigenvalue weighted by Gasteiger charge is 2.23. The van der Waals surface area contributed by atoms with Gasteiger partial charge in [-0.25, -0.2) is 0 Å². The molecule has 346 valence electrons. The quantitative estimate of drug-likeness (QED) is 0.0342. The lowest BCUT2D eigenvalue weighted by Crippen LogP contribution is -2.09. The molecule has 0 radical (unpaired) electrons. The van der Waals surface area contributed by atoms with Crippen molar-refractivity contribution in [3.05, 3.63) is 126 Å². The maximum Gasteiger partial charge on any atom is 0.296 e. The number of fused-ring (bicyclic) bond motifs is 2. The van der Waals surface area contributed by atoms with Gasteiger partial charge < -0.3 is 19.9 Å². The Kier molecular flexibility index (Phi) is 13.8. The molecule has 0 saturated carbocycles. The Hall–Kier alpha value is -7.21. The zero-order chi connectivity index (χ0) is 48.3. The van der Waals surface area contributed by atoms with Gasteiger partial charge in [-0.1, -0.05) is 6.07 Å². The SMILES string of the molecule is COc1ccc(Nc2ccc3c(O)c(N=Nc4cc(C)c(N=Nc5ccc(N=Nc6ccc7cc(S(=O)(=O)O)cc(OCCCS(=O)(=O)O)c7c6)c(C)c5)cc4C)c(S(=O)(=O)O)cc3c2)cc1. The smallest absolute Gasteiger partial charge is 0.296 e. The maximum atomic E-state index is 12.6. The highest BCUT2D eigenvalue weighted by molar-refractivity contribution is 7.86. The summed E-state index contributed by atoms with van der Waals surface area (Å²) in [5.41, 5.74) is 5.07. The fourth-order valence-electron chi connectivity index (χ4n) is 6.75. The zero-order valence-electron chi connectivity index (χ0n) is 36.0. The molecule has 22 heteroatoms. The first-order valence-corrected chi connectivity index (χ1v) is 24.4. The van der Waals surface area contributed by atoms with E-state index in [9.17, 15) is 39.5 Å². The van der Waals surface area contributed by atoms with Crippen molar-refractivity contribution in [2.75, 3.05) is 24.8 Å². The molecule has 0 heterocycles. The highest BCUT2D eigenvalue weighted by atomic mass is 32.2. The molecule has 0 atom stereocenters. The molecule has 0 fully saturated rings. The molecule has 0 saturated heterocycles. The highest BCUT2D eigenvalue weighted by Crippen LogP contribution is 2.43. The lowest BCUT2D eigenvalue weighted by Gasteiger charge is -2.12. The van der Waals surface area contributed by atoms with Crippen molar-refractivity contribution in [1.82, 2.24) is 0 Å². The third kappa shape index (κ3) is 11.8. The summed E-state index contributed by atoms with van der Waals surface area (Å²) in [6.07, 6.45) is -0.0813. The number of hydrogen-bond acceptors (Lipinski definition) is 16. The number of rotatable bonds is 16. The molecule has 67 heavy (non-hydrogen) atoms. The molecular formula is C45H41N7O12S3. The Morgan fingerprint density at radius 3 is 1.81 bits per heavy atom. The molecule has 0 amide bonds. The van der Waals surface area contributed by atoms with Gasteiger partial charge in [0.25, 0.3) is 30.4 Å². The van der Waals surface area contributed by atoms with Gasteiger partial charge in [0.05, 0.1) is 52.8 Å². The molecule has 0 spiro atoms. The Morgan fingerprint density at radius 2 is 1.18 bits per heavy atom. The largest absolute Gasteiger partial charge is 0.505 e. The minimum absolute atomic E-state index is 0.0399. The Bertz CT molecular complexity index is 3510. The molecule has 0 aromatic heterocycles. The number of ether oxygens (including phenoxy) is 2. The van der Waals surface area contributed by atoms with Crippen LogP contribution >= 0.6 is 0 Å². The van der Waals surface area contributed by atoms with Gasteiger partial charge in [0.2, 0.25) is 0 Å². The van der Waals surface area contributed by atoms with Crippen LogP contribution in [0.5, 0.6) is 17.2 Å². The van der Waals surface area contributed by atoms with E-state index in [1.165, 1.54) is 12.1 Å². The summed E-state index contributed by atoms with van der Waals surface area (Å²) in [6.45, 7) is 5.14. The van der Waals surface area contributed by atoms with Gasteiger partial charge in [-0.15, -0.1) is 5.11 Å². The second-order valence-corrected chi connectivity index (χ2v) is 19.5. The maximum absolute atomic E-state index is 12.6. The molecule has 0 aliphatic rings. The summed E-state index contributed by atoms with van der Waals surface area (Å²) < 4.78 is 111. The summed E-state index contributed by atoms with van der Waals surface area (Å²) >= 11 is 0. The Balaban J connectivity index is 1.07. The van der Waals surface area contributed by atoms with Gasteiger partial charge in [0.1, 0.15) is 22.1 Å². The lowest BCUT2D eigenvalue weighted by molar-refractivity contribution is 0.319. The lowest BCUT2D eigenvalue weighted by atomic mass is 10.1. The van der Waals surface area contributed by atoms with Gasteiger partial charge in [-0.2, -0.15) is 50.8 Å².